The number of carbonyl (C=O) groups is 3. The van der Waals surface area contributed by atoms with E-state index in [9.17, 15) is 19.5 Å². The summed E-state index contributed by atoms with van der Waals surface area (Å²) in [5.41, 5.74) is 6.34. The Morgan fingerprint density at radius 1 is 1.07 bits per heavy atom. The zero-order valence-corrected chi connectivity index (χ0v) is 23.2. The van der Waals surface area contributed by atoms with Gasteiger partial charge in [-0.1, -0.05) is 42.5 Å². The van der Waals surface area contributed by atoms with E-state index in [1.165, 1.54) is 24.1 Å². The van der Waals surface area contributed by atoms with Crippen LogP contribution >= 0.6 is 0 Å². The lowest BCUT2D eigenvalue weighted by Gasteiger charge is -2.30. The van der Waals surface area contributed by atoms with Gasteiger partial charge >= 0.3 is 6.09 Å². The summed E-state index contributed by atoms with van der Waals surface area (Å²) in [6.45, 7) is 5.25. The van der Waals surface area contributed by atoms with Crippen molar-refractivity contribution in [2.75, 3.05) is 12.4 Å². The molecule has 4 N–H and O–H groups in total. The summed E-state index contributed by atoms with van der Waals surface area (Å²) >= 11 is 0. The summed E-state index contributed by atoms with van der Waals surface area (Å²) in [4.78, 5) is 44.3. The molecule has 0 fully saturated rings. The standard InChI is InChI=1S/C31H31N5O5/c1-31(2,3)41-30(40)36(4)25(14-18-10-12-21(37)13-11-18)29(39)33-20-15-22-26-23(17-32-35-28(22)38)27(34-24(26)16-20)19-8-6-5-7-9-19/h5-13,15-17,25,34,37H,14H2,1-4H3,(H,33,39)(H,35,38)/t25-/m0/s1. The number of H-pyrrole nitrogens is 1. The average molecular weight is 554 g/mol. The fourth-order valence-corrected chi connectivity index (χ4v) is 4.73. The van der Waals surface area contributed by atoms with Gasteiger partial charge in [0.15, 0.2) is 0 Å². The van der Waals surface area contributed by atoms with Crippen LogP contribution in [-0.4, -0.2) is 57.8 Å². The predicted molar refractivity (Wildman–Crippen MR) is 157 cm³/mol. The molecule has 1 aliphatic heterocycles. The number of ether oxygens (including phenoxy) is 1. The second-order valence-electron chi connectivity index (χ2n) is 10.9. The first-order valence-corrected chi connectivity index (χ1v) is 13.1. The van der Waals surface area contributed by atoms with Crippen LogP contribution in [0.3, 0.4) is 0 Å². The van der Waals surface area contributed by atoms with Gasteiger partial charge < -0.3 is 20.1 Å². The Morgan fingerprint density at radius 2 is 1.78 bits per heavy atom. The van der Waals surface area contributed by atoms with E-state index in [0.717, 1.165) is 22.4 Å². The van der Waals surface area contributed by atoms with E-state index in [1.54, 1.807) is 51.3 Å². The fourth-order valence-electron chi connectivity index (χ4n) is 4.73. The molecule has 3 aromatic carbocycles. The Morgan fingerprint density at radius 3 is 2.46 bits per heavy atom. The van der Waals surface area contributed by atoms with E-state index in [-0.39, 0.29) is 12.2 Å². The number of aromatic hydroxyl groups is 1. The maximum atomic E-state index is 13.7. The monoisotopic (exact) mass is 553 g/mol. The molecular weight excluding hydrogens is 522 g/mol. The van der Waals surface area contributed by atoms with Crippen molar-refractivity contribution in [3.8, 4) is 17.0 Å². The van der Waals surface area contributed by atoms with E-state index in [4.69, 9.17) is 4.74 Å². The molecule has 1 aliphatic rings. The Labute approximate surface area is 237 Å². The zero-order chi connectivity index (χ0) is 29.3. The van der Waals surface area contributed by atoms with Crippen molar-refractivity contribution in [2.24, 2.45) is 5.10 Å². The van der Waals surface area contributed by atoms with Crippen LogP contribution < -0.4 is 10.7 Å². The molecule has 0 saturated heterocycles. The van der Waals surface area contributed by atoms with Crippen LogP contribution in [0.25, 0.3) is 22.2 Å². The maximum absolute atomic E-state index is 13.7. The van der Waals surface area contributed by atoms with Gasteiger partial charge in [-0.15, -0.1) is 0 Å². The van der Waals surface area contributed by atoms with Crippen molar-refractivity contribution in [2.45, 2.75) is 38.8 Å². The lowest BCUT2D eigenvalue weighted by molar-refractivity contribution is -0.120. The molecule has 0 saturated carbocycles. The molecule has 0 bridgehead atoms. The van der Waals surface area contributed by atoms with Crippen molar-refractivity contribution in [1.29, 1.82) is 0 Å². The second kappa shape index (κ2) is 10.8. The van der Waals surface area contributed by atoms with E-state index in [1.807, 2.05) is 30.3 Å². The number of hydrogen-bond acceptors (Lipinski definition) is 6. The van der Waals surface area contributed by atoms with Gasteiger partial charge in [-0.3, -0.25) is 14.5 Å². The lowest BCUT2D eigenvalue weighted by Crippen LogP contribution is -2.48. The molecule has 5 rings (SSSR count). The number of aromatic nitrogens is 1. The van der Waals surface area contributed by atoms with Gasteiger partial charge in [-0.2, -0.15) is 5.10 Å². The normalized spacial score (nSPS) is 13.3. The van der Waals surface area contributed by atoms with Crippen molar-refractivity contribution in [3.05, 3.63) is 83.4 Å². The molecule has 0 radical (unpaired) electrons. The Bertz CT molecular complexity index is 1650. The number of hydrogen-bond donors (Lipinski definition) is 4. The number of anilines is 1. The number of amides is 3. The Hall–Kier alpha value is -5.12. The van der Waals surface area contributed by atoms with Crippen LogP contribution in [0.5, 0.6) is 5.75 Å². The largest absolute Gasteiger partial charge is 0.508 e. The molecular formula is C31H31N5O5. The topological polar surface area (TPSA) is 136 Å². The summed E-state index contributed by atoms with van der Waals surface area (Å²) in [6.07, 6.45) is 1.12. The number of nitrogens with one attached hydrogen (secondary N) is 3. The molecule has 4 aromatic rings. The number of rotatable bonds is 6. The Balaban J connectivity index is 1.51. The first kappa shape index (κ1) is 27.4. The highest BCUT2D eigenvalue weighted by Gasteiger charge is 2.31. The molecule has 0 spiro atoms. The Kier molecular flexibility index (Phi) is 7.23. The lowest BCUT2D eigenvalue weighted by atomic mass is 10.0. The molecule has 41 heavy (non-hydrogen) atoms. The highest BCUT2D eigenvalue weighted by atomic mass is 16.6. The number of phenols is 1. The quantitative estimate of drug-likeness (QED) is 0.265. The van der Waals surface area contributed by atoms with Crippen LogP contribution in [-0.2, 0) is 16.0 Å². The van der Waals surface area contributed by atoms with Crippen LogP contribution in [0.15, 0.2) is 71.8 Å². The minimum atomic E-state index is -0.958. The summed E-state index contributed by atoms with van der Waals surface area (Å²) < 4.78 is 5.52. The van der Waals surface area contributed by atoms with Crippen LogP contribution in [0.4, 0.5) is 10.5 Å². The summed E-state index contributed by atoms with van der Waals surface area (Å²) in [6, 6.07) is 18.5. The molecule has 10 nitrogen and oxygen atoms in total. The SMILES string of the molecule is CN(C(=O)OC(C)(C)C)[C@@H](Cc1ccc(O)cc1)C(=O)Nc1cc2c3c(c(-c4ccccc4)[nH]c3c1)C=NNC2=O. The minimum absolute atomic E-state index is 0.0934. The molecule has 1 atom stereocenters. The van der Waals surface area contributed by atoms with Gasteiger partial charge in [0.2, 0.25) is 5.91 Å². The van der Waals surface area contributed by atoms with Gasteiger partial charge in [-0.25, -0.2) is 10.2 Å². The first-order valence-electron chi connectivity index (χ1n) is 13.1. The number of phenolic OH excluding ortho intramolecular Hbond substituents is 1. The number of nitrogens with zero attached hydrogens (tertiary/aromatic N) is 2. The number of carbonyl (C=O) groups excluding carboxylic acids is 3. The summed E-state index contributed by atoms with van der Waals surface area (Å²) in [7, 11) is 1.50. The molecule has 210 valence electrons. The van der Waals surface area contributed by atoms with E-state index >= 15 is 0 Å². The van der Waals surface area contributed by atoms with Crippen molar-refractivity contribution >= 4 is 40.7 Å². The van der Waals surface area contributed by atoms with Gasteiger partial charge in [0.1, 0.15) is 17.4 Å². The highest BCUT2D eigenvalue weighted by molar-refractivity contribution is 6.18. The van der Waals surface area contributed by atoms with E-state index in [2.05, 4.69) is 20.8 Å². The fraction of sp³-hybridized carbons (Fsp3) is 0.226. The van der Waals surface area contributed by atoms with Crippen molar-refractivity contribution in [3.63, 3.8) is 0 Å². The highest BCUT2D eigenvalue weighted by Crippen LogP contribution is 2.34. The number of aromatic amines is 1. The first-order chi connectivity index (χ1) is 19.5. The van der Waals surface area contributed by atoms with Gasteiger partial charge in [0.25, 0.3) is 5.91 Å². The second-order valence-corrected chi connectivity index (χ2v) is 10.9. The molecule has 10 heteroatoms. The summed E-state index contributed by atoms with van der Waals surface area (Å²) in [5.74, 6) is -0.791. The van der Waals surface area contributed by atoms with Crippen molar-refractivity contribution in [1.82, 2.24) is 15.3 Å². The number of hydrazone groups is 1. The smallest absolute Gasteiger partial charge is 0.410 e. The molecule has 3 amide bonds. The number of likely N-dealkylation sites (N-methyl/N-ethyl adjacent to an activating group) is 1. The van der Waals surface area contributed by atoms with Crippen LogP contribution in [0.1, 0.15) is 42.3 Å². The van der Waals surface area contributed by atoms with Crippen LogP contribution in [0.2, 0.25) is 0 Å². The van der Waals surface area contributed by atoms with Gasteiger partial charge in [-0.05, 0) is 56.2 Å². The average Bonchev–Trinajstić information content (AvgIpc) is 3.20. The maximum Gasteiger partial charge on any atom is 0.410 e. The molecule has 0 unspecified atom stereocenters. The van der Waals surface area contributed by atoms with Gasteiger partial charge in [0, 0.05) is 35.6 Å². The third-order valence-corrected chi connectivity index (χ3v) is 6.69. The minimum Gasteiger partial charge on any atom is -0.508 e. The predicted octanol–water partition coefficient (Wildman–Crippen LogP) is 5.03. The van der Waals surface area contributed by atoms with Gasteiger partial charge in [0.05, 0.1) is 17.5 Å². The third kappa shape index (κ3) is 5.91. The van der Waals surface area contributed by atoms with E-state index in [0.29, 0.717) is 22.2 Å². The third-order valence-electron chi connectivity index (χ3n) is 6.69. The molecule has 0 aliphatic carbocycles. The van der Waals surface area contributed by atoms with Crippen molar-refractivity contribution < 1.29 is 24.2 Å². The van der Waals surface area contributed by atoms with Crippen LogP contribution in [0, 0.1) is 0 Å². The molecule has 1 aromatic heterocycles. The van der Waals surface area contributed by atoms with E-state index < -0.39 is 29.6 Å². The summed E-state index contributed by atoms with van der Waals surface area (Å²) in [5, 5.41) is 17.4. The zero-order valence-electron chi connectivity index (χ0n) is 23.2. The number of benzene rings is 3. The molecule has 2 heterocycles.